The first-order valence-electron chi connectivity index (χ1n) is 11.7. The minimum atomic E-state index is -0.717. The van der Waals surface area contributed by atoms with Gasteiger partial charge in [0.25, 0.3) is 5.91 Å². The highest BCUT2D eigenvalue weighted by Gasteiger charge is 2.32. The van der Waals surface area contributed by atoms with E-state index in [1.165, 1.54) is 0 Å². The SMILES string of the molecule is COc1ccccc1OCC(=O)N(Cc1ccccc1)C(Cc1ccccc1)C(=O)NC(C)(C)C. The lowest BCUT2D eigenvalue weighted by molar-refractivity contribution is -0.143. The highest BCUT2D eigenvalue weighted by atomic mass is 16.5. The molecule has 2 amide bonds. The summed E-state index contributed by atoms with van der Waals surface area (Å²) in [6, 6.07) is 25.9. The molecule has 3 rings (SSSR count). The van der Waals surface area contributed by atoms with Gasteiger partial charge >= 0.3 is 0 Å². The summed E-state index contributed by atoms with van der Waals surface area (Å²) in [6.45, 7) is 5.85. The van der Waals surface area contributed by atoms with Crippen LogP contribution in [-0.2, 0) is 22.6 Å². The normalized spacial score (nSPS) is 11.9. The molecule has 1 unspecified atom stereocenters. The Balaban J connectivity index is 1.92. The van der Waals surface area contributed by atoms with Crippen LogP contribution >= 0.6 is 0 Å². The van der Waals surface area contributed by atoms with Gasteiger partial charge in [-0.15, -0.1) is 0 Å². The van der Waals surface area contributed by atoms with E-state index >= 15 is 0 Å². The van der Waals surface area contributed by atoms with Crippen molar-refractivity contribution in [1.82, 2.24) is 10.2 Å². The van der Waals surface area contributed by atoms with Crippen molar-refractivity contribution in [2.24, 2.45) is 0 Å². The standard InChI is InChI=1S/C29H34N2O4/c1-29(2,3)30-28(33)24(19-22-13-7-5-8-14-22)31(20-23-15-9-6-10-16-23)27(32)21-35-26-18-12-11-17-25(26)34-4/h5-18,24H,19-21H2,1-4H3,(H,30,33). The quantitative estimate of drug-likeness (QED) is 0.465. The molecule has 0 aliphatic rings. The molecule has 1 N–H and O–H groups in total. The van der Waals surface area contributed by atoms with Crippen LogP contribution in [0.1, 0.15) is 31.9 Å². The van der Waals surface area contributed by atoms with E-state index in [0.29, 0.717) is 17.9 Å². The van der Waals surface area contributed by atoms with Crippen LogP contribution in [0.4, 0.5) is 0 Å². The van der Waals surface area contributed by atoms with Gasteiger partial charge < -0.3 is 19.7 Å². The first-order valence-corrected chi connectivity index (χ1v) is 11.7. The molecule has 0 saturated carbocycles. The number of amides is 2. The van der Waals surface area contributed by atoms with Gasteiger partial charge in [0, 0.05) is 18.5 Å². The summed E-state index contributed by atoms with van der Waals surface area (Å²) in [6.07, 6.45) is 0.385. The average molecular weight is 475 g/mol. The smallest absolute Gasteiger partial charge is 0.261 e. The molecule has 0 radical (unpaired) electrons. The fourth-order valence-electron chi connectivity index (χ4n) is 3.75. The number of nitrogens with zero attached hydrogens (tertiary/aromatic N) is 1. The van der Waals surface area contributed by atoms with Crippen molar-refractivity contribution in [2.45, 2.75) is 45.3 Å². The summed E-state index contributed by atoms with van der Waals surface area (Å²) in [5, 5.41) is 3.06. The van der Waals surface area contributed by atoms with Crippen molar-refractivity contribution in [3.63, 3.8) is 0 Å². The maximum absolute atomic E-state index is 13.6. The molecule has 3 aromatic rings. The van der Waals surface area contributed by atoms with E-state index < -0.39 is 11.6 Å². The molecule has 6 heteroatoms. The molecule has 3 aromatic carbocycles. The maximum atomic E-state index is 13.6. The summed E-state index contributed by atoms with van der Waals surface area (Å²) >= 11 is 0. The van der Waals surface area contributed by atoms with E-state index in [0.717, 1.165) is 11.1 Å². The number of para-hydroxylation sites is 2. The molecule has 0 heterocycles. The van der Waals surface area contributed by atoms with E-state index in [2.05, 4.69) is 5.32 Å². The number of rotatable bonds is 10. The molecule has 0 aromatic heterocycles. The van der Waals surface area contributed by atoms with E-state index in [1.54, 1.807) is 24.1 Å². The molecule has 0 spiro atoms. The van der Waals surface area contributed by atoms with Crippen LogP contribution < -0.4 is 14.8 Å². The van der Waals surface area contributed by atoms with E-state index in [1.807, 2.05) is 93.6 Å². The Morgan fingerprint density at radius 2 is 1.37 bits per heavy atom. The zero-order valence-corrected chi connectivity index (χ0v) is 20.9. The second-order valence-electron chi connectivity index (χ2n) is 9.39. The van der Waals surface area contributed by atoms with Gasteiger partial charge in [0.15, 0.2) is 18.1 Å². The zero-order chi connectivity index (χ0) is 25.3. The van der Waals surface area contributed by atoms with Crippen LogP contribution in [0.25, 0.3) is 0 Å². The van der Waals surface area contributed by atoms with Crippen LogP contribution in [0.2, 0.25) is 0 Å². The zero-order valence-electron chi connectivity index (χ0n) is 20.9. The Labute approximate surface area is 207 Å². The Bertz CT molecular complexity index is 1090. The molecule has 0 bridgehead atoms. The highest BCUT2D eigenvalue weighted by Crippen LogP contribution is 2.26. The third-order valence-corrected chi connectivity index (χ3v) is 5.39. The number of carbonyl (C=O) groups is 2. The number of benzene rings is 3. The lowest BCUT2D eigenvalue weighted by atomic mass is 10.0. The fourth-order valence-corrected chi connectivity index (χ4v) is 3.75. The Kier molecular flexibility index (Phi) is 8.90. The first-order chi connectivity index (χ1) is 16.8. The van der Waals surface area contributed by atoms with Gasteiger partial charge in [0.05, 0.1) is 7.11 Å². The summed E-state index contributed by atoms with van der Waals surface area (Å²) < 4.78 is 11.2. The van der Waals surface area contributed by atoms with Crippen molar-refractivity contribution in [1.29, 1.82) is 0 Å². The number of nitrogens with one attached hydrogen (secondary N) is 1. The van der Waals surface area contributed by atoms with Crippen molar-refractivity contribution in [3.05, 3.63) is 96.1 Å². The molecular formula is C29H34N2O4. The predicted molar refractivity (Wildman–Crippen MR) is 137 cm³/mol. The van der Waals surface area contributed by atoms with Gasteiger partial charge in [-0.3, -0.25) is 9.59 Å². The minimum Gasteiger partial charge on any atom is -0.493 e. The number of carbonyl (C=O) groups excluding carboxylic acids is 2. The van der Waals surface area contributed by atoms with E-state index in [-0.39, 0.29) is 25.0 Å². The molecule has 6 nitrogen and oxygen atoms in total. The van der Waals surface area contributed by atoms with Crippen LogP contribution in [0.5, 0.6) is 11.5 Å². The van der Waals surface area contributed by atoms with Gasteiger partial charge in [-0.25, -0.2) is 0 Å². The fraction of sp³-hybridized carbons (Fsp3) is 0.310. The van der Waals surface area contributed by atoms with Crippen molar-refractivity contribution in [2.75, 3.05) is 13.7 Å². The Hall–Kier alpha value is -3.80. The highest BCUT2D eigenvalue weighted by molar-refractivity contribution is 5.89. The van der Waals surface area contributed by atoms with Crippen molar-refractivity contribution >= 4 is 11.8 Å². The van der Waals surface area contributed by atoms with E-state index in [9.17, 15) is 9.59 Å². The molecule has 0 saturated heterocycles. The first kappa shape index (κ1) is 25.8. The summed E-state index contributed by atoms with van der Waals surface area (Å²) in [4.78, 5) is 28.7. The summed E-state index contributed by atoms with van der Waals surface area (Å²) in [7, 11) is 1.55. The second-order valence-corrected chi connectivity index (χ2v) is 9.39. The third kappa shape index (κ3) is 7.88. The van der Waals surface area contributed by atoms with Crippen LogP contribution in [0, 0.1) is 0 Å². The van der Waals surface area contributed by atoms with Crippen molar-refractivity contribution < 1.29 is 19.1 Å². The molecule has 1 atom stereocenters. The maximum Gasteiger partial charge on any atom is 0.261 e. The number of ether oxygens (including phenoxy) is 2. The number of hydrogen-bond acceptors (Lipinski definition) is 4. The van der Waals surface area contributed by atoms with Gasteiger partial charge in [-0.2, -0.15) is 0 Å². The van der Waals surface area contributed by atoms with Gasteiger partial charge in [-0.1, -0.05) is 72.8 Å². The second kappa shape index (κ2) is 12.1. The Morgan fingerprint density at radius 1 is 0.829 bits per heavy atom. The topological polar surface area (TPSA) is 67.9 Å². The molecular weight excluding hydrogens is 440 g/mol. The molecule has 0 fully saturated rings. The summed E-state index contributed by atoms with van der Waals surface area (Å²) in [5.41, 5.74) is 1.46. The Morgan fingerprint density at radius 3 is 1.94 bits per heavy atom. The van der Waals surface area contributed by atoms with E-state index in [4.69, 9.17) is 9.47 Å². The van der Waals surface area contributed by atoms with Crippen LogP contribution in [0.3, 0.4) is 0 Å². The van der Waals surface area contributed by atoms with Crippen LogP contribution in [-0.4, -0.2) is 42.0 Å². The molecule has 184 valence electrons. The van der Waals surface area contributed by atoms with Gasteiger partial charge in [0.2, 0.25) is 5.91 Å². The number of methoxy groups -OCH3 is 1. The molecule has 0 aliphatic heterocycles. The summed E-state index contributed by atoms with van der Waals surface area (Å²) in [5.74, 6) is 0.524. The number of hydrogen-bond donors (Lipinski definition) is 1. The molecule has 35 heavy (non-hydrogen) atoms. The average Bonchev–Trinajstić information content (AvgIpc) is 2.85. The van der Waals surface area contributed by atoms with Crippen LogP contribution in [0.15, 0.2) is 84.9 Å². The lowest BCUT2D eigenvalue weighted by Crippen LogP contribution is -2.55. The van der Waals surface area contributed by atoms with Gasteiger partial charge in [-0.05, 0) is 44.0 Å². The monoisotopic (exact) mass is 474 g/mol. The predicted octanol–water partition coefficient (Wildman–Crippen LogP) is 4.63. The van der Waals surface area contributed by atoms with Gasteiger partial charge in [0.1, 0.15) is 6.04 Å². The van der Waals surface area contributed by atoms with Crippen molar-refractivity contribution in [3.8, 4) is 11.5 Å². The molecule has 0 aliphatic carbocycles. The third-order valence-electron chi connectivity index (χ3n) is 5.39. The minimum absolute atomic E-state index is 0.206. The largest absolute Gasteiger partial charge is 0.493 e. The lowest BCUT2D eigenvalue weighted by Gasteiger charge is -2.33.